The molecule has 4 N–H and O–H groups in total. The summed E-state index contributed by atoms with van der Waals surface area (Å²) < 4.78 is 1.78. The lowest BCUT2D eigenvalue weighted by molar-refractivity contribution is 0.0773. The molecule has 164 valence electrons. The minimum Gasteiger partial charge on any atom is -0.366 e. The lowest BCUT2D eigenvalue weighted by Crippen LogP contribution is -2.33. The van der Waals surface area contributed by atoms with Gasteiger partial charge in [-0.1, -0.05) is 0 Å². The first kappa shape index (κ1) is 21.1. The molecule has 0 bridgehead atoms. The first-order chi connectivity index (χ1) is 15.1. The molecule has 1 saturated carbocycles. The fraction of sp³-hybridized carbons (Fsp3) is 0.435. The quantitative estimate of drug-likeness (QED) is 0.539. The summed E-state index contributed by atoms with van der Waals surface area (Å²) in [7, 11) is 0. The Balaban J connectivity index is 1.52. The van der Waals surface area contributed by atoms with Crippen LogP contribution in [0.25, 0.3) is 5.65 Å². The monoisotopic (exact) mass is 421 g/mol. The molecule has 0 saturated heterocycles. The van der Waals surface area contributed by atoms with Crippen LogP contribution in [0.4, 0.5) is 17.2 Å². The highest BCUT2D eigenvalue weighted by molar-refractivity contribution is 5.94. The summed E-state index contributed by atoms with van der Waals surface area (Å²) in [6.45, 7) is 5.38. The summed E-state index contributed by atoms with van der Waals surface area (Å²) in [6.07, 6.45) is 7.76. The van der Waals surface area contributed by atoms with Crippen LogP contribution in [0, 0.1) is 0 Å². The Morgan fingerprint density at radius 2 is 1.87 bits per heavy atom. The van der Waals surface area contributed by atoms with Crippen molar-refractivity contribution in [2.75, 3.05) is 23.7 Å². The van der Waals surface area contributed by atoms with Crippen LogP contribution in [0.3, 0.4) is 0 Å². The van der Waals surface area contributed by atoms with Gasteiger partial charge in [0.05, 0.1) is 5.69 Å². The number of hydrogen-bond acceptors (Lipinski definition) is 6. The van der Waals surface area contributed by atoms with E-state index in [1.54, 1.807) is 10.7 Å². The second kappa shape index (κ2) is 9.34. The Morgan fingerprint density at radius 1 is 1.16 bits per heavy atom. The molecule has 1 aromatic carbocycles. The van der Waals surface area contributed by atoms with Crippen molar-refractivity contribution in [3.05, 3.63) is 48.3 Å². The molecular weight excluding hydrogens is 390 g/mol. The topological polar surface area (TPSA) is 101 Å². The van der Waals surface area contributed by atoms with Crippen LogP contribution >= 0.6 is 0 Å². The maximum Gasteiger partial charge on any atom is 0.253 e. The zero-order valence-electron chi connectivity index (χ0n) is 18.2. The number of anilines is 3. The summed E-state index contributed by atoms with van der Waals surface area (Å²) in [5, 5.41) is 11.6. The van der Waals surface area contributed by atoms with Gasteiger partial charge in [-0.05, 0) is 63.8 Å². The Bertz CT molecular complexity index is 1020. The molecule has 8 nitrogen and oxygen atoms in total. The molecule has 4 rings (SSSR count). The smallest absolute Gasteiger partial charge is 0.253 e. The van der Waals surface area contributed by atoms with Gasteiger partial charge in [0.2, 0.25) is 0 Å². The number of aromatic nitrogens is 3. The number of hydrogen-bond donors (Lipinski definition) is 3. The summed E-state index contributed by atoms with van der Waals surface area (Å²) in [5.41, 5.74) is 9.22. The Hall–Kier alpha value is -3.13. The van der Waals surface area contributed by atoms with Gasteiger partial charge in [0.25, 0.3) is 5.91 Å². The number of carbonyl (C=O) groups is 1. The van der Waals surface area contributed by atoms with E-state index in [0.717, 1.165) is 48.5 Å². The third kappa shape index (κ3) is 4.80. The molecular formula is C23H31N7O. The van der Waals surface area contributed by atoms with E-state index in [4.69, 9.17) is 5.73 Å². The highest BCUT2D eigenvalue weighted by atomic mass is 16.2. The van der Waals surface area contributed by atoms with E-state index < -0.39 is 0 Å². The van der Waals surface area contributed by atoms with Crippen LogP contribution in [0.2, 0.25) is 0 Å². The largest absolute Gasteiger partial charge is 0.366 e. The number of fused-ring (bicyclic) bond motifs is 1. The fourth-order valence-corrected chi connectivity index (χ4v) is 4.10. The minimum atomic E-state index is 0.0507. The third-order valence-electron chi connectivity index (χ3n) is 5.94. The van der Waals surface area contributed by atoms with Crippen molar-refractivity contribution in [3.8, 4) is 0 Å². The number of nitrogens with two attached hydrogens (primary N) is 1. The van der Waals surface area contributed by atoms with Crippen molar-refractivity contribution < 1.29 is 4.79 Å². The predicted octanol–water partition coefficient (Wildman–Crippen LogP) is 3.64. The molecule has 1 amide bonds. The van der Waals surface area contributed by atoms with Crippen molar-refractivity contribution in [2.24, 2.45) is 5.73 Å². The number of benzene rings is 1. The van der Waals surface area contributed by atoms with Crippen molar-refractivity contribution >= 4 is 28.7 Å². The highest BCUT2D eigenvalue weighted by Crippen LogP contribution is 2.26. The fourth-order valence-electron chi connectivity index (χ4n) is 4.10. The second-order valence-corrected chi connectivity index (χ2v) is 8.07. The highest BCUT2D eigenvalue weighted by Gasteiger charge is 2.19. The Kier molecular flexibility index (Phi) is 6.36. The molecule has 0 spiro atoms. The normalized spacial score (nSPS) is 18.7. The molecule has 2 aromatic heterocycles. The van der Waals surface area contributed by atoms with E-state index in [1.807, 2.05) is 55.3 Å². The summed E-state index contributed by atoms with van der Waals surface area (Å²) >= 11 is 0. The molecule has 31 heavy (non-hydrogen) atoms. The third-order valence-corrected chi connectivity index (χ3v) is 5.94. The van der Waals surface area contributed by atoms with Gasteiger partial charge in [-0.25, -0.2) is 9.50 Å². The van der Waals surface area contributed by atoms with Gasteiger partial charge in [-0.2, -0.15) is 0 Å². The van der Waals surface area contributed by atoms with Gasteiger partial charge in [-0.15, -0.1) is 5.10 Å². The molecule has 1 aliphatic rings. The molecule has 3 aromatic rings. The van der Waals surface area contributed by atoms with E-state index in [-0.39, 0.29) is 5.91 Å². The number of nitrogens with zero attached hydrogens (tertiary/aromatic N) is 4. The number of rotatable bonds is 7. The van der Waals surface area contributed by atoms with Crippen LogP contribution < -0.4 is 16.4 Å². The van der Waals surface area contributed by atoms with Crippen molar-refractivity contribution in [3.63, 3.8) is 0 Å². The van der Waals surface area contributed by atoms with Crippen LogP contribution in [0.15, 0.2) is 42.7 Å². The van der Waals surface area contributed by atoms with Gasteiger partial charge >= 0.3 is 0 Å². The van der Waals surface area contributed by atoms with Gasteiger partial charge in [0.1, 0.15) is 5.82 Å². The van der Waals surface area contributed by atoms with Gasteiger partial charge in [0, 0.05) is 54.9 Å². The standard InChI is InChI=1S/C23H31N7O/c1-3-29(4-2)23(31)16-5-9-18(10-6-16)26-20-15-21(28-30-14-13-25-22(20)30)27-19-11-7-17(24)8-12-19/h5-6,9-10,13-15,17,19,26H,3-4,7-8,11-12,24H2,1-2H3,(H,27,28). The molecule has 2 heterocycles. The first-order valence-electron chi connectivity index (χ1n) is 11.1. The van der Waals surface area contributed by atoms with Crippen LogP contribution in [0.1, 0.15) is 49.9 Å². The van der Waals surface area contributed by atoms with Gasteiger partial charge < -0.3 is 21.3 Å². The Labute approximate surface area is 182 Å². The SMILES string of the molecule is CCN(CC)C(=O)c1ccc(Nc2cc(NC3CCC(N)CC3)nn3ccnc23)cc1. The van der Waals surface area contributed by atoms with E-state index in [2.05, 4.69) is 20.7 Å². The first-order valence-corrected chi connectivity index (χ1v) is 11.1. The minimum absolute atomic E-state index is 0.0507. The van der Waals surface area contributed by atoms with Crippen molar-refractivity contribution in [2.45, 2.75) is 51.6 Å². The zero-order valence-corrected chi connectivity index (χ0v) is 18.2. The number of amides is 1. The van der Waals surface area contributed by atoms with Crippen LogP contribution in [-0.2, 0) is 0 Å². The maximum absolute atomic E-state index is 12.5. The molecule has 1 fully saturated rings. The van der Waals surface area contributed by atoms with E-state index in [9.17, 15) is 4.79 Å². The second-order valence-electron chi connectivity index (χ2n) is 8.07. The van der Waals surface area contributed by atoms with E-state index in [1.165, 1.54) is 0 Å². The molecule has 0 radical (unpaired) electrons. The number of imidazole rings is 1. The van der Waals surface area contributed by atoms with Crippen molar-refractivity contribution in [1.82, 2.24) is 19.5 Å². The average Bonchev–Trinajstić information content (AvgIpc) is 3.26. The summed E-state index contributed by atoms with van der Waals surface area (Å²) in [6, 6.07) is 10.3. The average molecular weight is 422 g/mol. The summed E-state index contributed by atoms with van der Waals surface area (Å²) in [4.78, 5) is 18.8. The molecule has 8 heteroatoms. The lowest BCUT2D eigenvalue weighted by atomic mass is 9.92. The van der Waals surface area contributed by atoms with E-state index >= 15 is 0 Å². The zero-order chi connectivity index (χ0) is 21.8. The van der Waals surface area contributed by atoms with Crippen LogP contribution in [-0.4, -0.2) is 50.6 Å². The maximum atomic E-state index is 12.5. The van der Waals surface area contributed by atoms with Crippen LogP contribution in [0.5, 0.6) is 0 Å². The molecule has 0 unspecified atom stereocenters. The Morgan fingerprint density at radius 3 is 2.55 bits per heavy atom. The van der Waals surface area contributed by atoms with Gasteiger partial charge in [0.15, 0.2) is 5.65 Å². The number of nitrogens with one attached hydrogen (secondary N) is 2. The van der Waals surface area contributed by atoms with E-state index in [0.29, 0.717) is 30.7 Å². The molecule has 0 atom stereocenters. The molecule has 0 aliphatic heterocycles. The number of carbonyl (C=O) groups excluding carboxylic acids is 1. The predicted molar refractivity (Wildman–Crippen MR) is 124 cm³/mol. The molecule has 1 aliphatic carbocycles. The summed E-state index contributed by atoms with van der Waals surface area (Å²) in [5.74, 6) is 0.858. The van der Waals surface area contributed by atoms with Crippen molar-refractivity contribution in [1.29, 1.82) is 0 Å². The lowest BCUT2D eigenvalue weighted by Gasteiger charge is -2.27. The van der Waals surface area contributed by atoms with Gasteiger partial charge in [-0.3, -0.25) is 4.79 Å².